The summed E-state index contributed by atoms with van der Waals surface area (Å²) in [6, 6.07) is 9.19. The van der Waals surface area contributed by atoms with Crippen molar-refractivity contribution in [3.8, 4) is 28.7 Å². The van der Waals surface area contributed by atoms with Gasteiger partial charge in [-0.05, 0) is 49.4 Å². The zero-order valence-corrected chi connectivity index (χ0v) is 26.2. The van der Waals surface area contributed by atoms with Gasteiger partial charge in [-0.3, -0.25) is 4.72 Å². The summed E-state index contributed by atoms with van der Waals surface area (Å²) in [4.78, 5) is 17.2. The lowest BCUT2D eigenvalue weighted by atomic mass is 10.1. The van der Waals surface area contributed by atoms with Gasteiger partial charge in [-0.2, -0.15) is 8.42 Å². The monoisotopic (exact) mass is 634 g/mol. The summed E-state index contributed by atoms with van der Waals surface area (Å²) in [5.74, 6) is -0.334. The topological polar surface area (TPSA) is 132 Å². The van der Waals surface area contributed by atoms with Gasteiger partial charge in [-0.1, -0.05) is 31.5 Å². The molecule has 0 amide bonds. The molecule has 0 bridgehead atoms. The number of carbonyl (C=O) groups excluding carboxylic acids is 1. The van der Waals surface area contributed by atoms with Crippen LogP contribution in [0.5, 0.6) is 28.7 Å². The minimum absolute atomic E-state index is 0.0273. The Morgan fingerprint density at radius 1 is 1.12 bits per heavy atom. The number of aromatic nitrogens is 1. The van der Waals surface area contributed by atoms with E-state index in [1.54, 1.807) is 25.1 Å². The molecule has 11 nitrogen and oxygen atoms in total. The largest absolute Gasteiger partial charge is 0.497 e. The lowest BCUT2D eigenvalue weighted by Gasteiger charge is -2.27. The molecule has 2 heterocycles. The normalized spacial score (nSPS) is 15.1. The number of anilines is 1. The fourth-order valence-electron chi connectivity index (χ4n) is 4.28. The second-order valence-corrected chi connectivity index (χ2v) is 11.9. The van der Waals surface area contributed by atoms with Gasteiger partial charge in [-0.15, -0.1) is 0 Å². The van der Waals surface area contributed by atoms with Crippen LogP contribution in [0.2, 0.25) is 5.02 Å². The number of nitrogens with zero attached hydrogens (tertiary/aromatic N) is 1. The van der Waals surface area contributed by atoms with Gasteiger partial charge in [0, 0.05) is 24.8 Å². The minimum Gasteiger partial charge on any atom is -0.497 e. The van der Waals surface area contributed by atoms with Gasteiger partial charge < -0.3 is 28.4 Å². The smallest absolute Gasteiger partial charge is 0.341 e. The minimum atomic E-state index is -4.36. The van der Waals surface area contributed by atoms with E-state index >= 15 is 0 Å². The molecule has 13 heteroatoms. The molecule has 3 aromatic rings. The summed E-state index contributed by atoms with van der Waals surface area (Å²) in [6.07, 6.45) is 2.89. The van der Waals surface area contributed by atoms with E-state index in [4.69, 9.17) is 40.0 Å². The molecule has 4 rings (SSSR count). The van der Waals surface area contributed by atoms with Crippen LogP contribution in [0.15, 0.2) is 47.6 Å². The van der Waals surface area contributed by atoms with Gasteiger partial charge in [0.1, 0.15) is 22.7 Å². The van der Waals surface area contributed by atoms with Crippen molar-refractivity contribution in [2.75, 3.05) is 32.2 Å². The molecule has 43 heavy (non-hydrogen) atoms. The van der Waals surface area contributed by atoms with E-state index in [9.17, 15) is 13.2 Å². The van der Waals surface area contributed by atoms with E-state index in [0.717, 1.165) is 18.4 Å². The van der Waals surface area contributed by atoms with Crippen LogP contribution in [0, 0.1) is 0 Å². The van der Waals surface area contributed by atoms with Crippen LogP contribution in [0.25, 0.3) is 0 Å². The predicted molar refractivity (Wildman–Crippen MR) is 160 cm³/mol. The molecule has 1 saturated heterocycles. The number of sulfonamides is 1. The first-order valence-electron chi connectivity index (χ1n) is 13.8. The predicted octanol–water partition coefficient (Wildman–Crippen LogP) is 6.55. The highest BCUT2D eigenvalue weighted by Crippen LogP contribution is 2.50. The molecule has 1 aromatic heterocycles. The SMILES string of the molecule is CCOc1cc(C(=O)OC)c(OC2CCCCO2)c(NS(=O)(=O)c2ccc(C(C)C)cn2)c1Oc1cc(OC)ccc1Cl. The van der Waals surface area contributed by atoms with Crippen LogP contribution in [-0.4, -0.2) is 53.1 Å². The molecular formula is C30H35ClN2O9S. The Hall–Kier alpha value is -3.74. The average molecular weight is 635 g/mol. The average Bonchev–Trinajstić information content (AvgIpc) is 3.00. The molecule has 0 aliphatic carbocycles. The molecule has 0 radical (unpaired) electrons. The lowest BCUT2D eigenvalue weighted by molar-refractivity contribution is -0.105. The first-order valence-corrected chi connectivity index (χ1v) is 15.6. The molecule has 232 valence electrons. The standard InChI is InChI=1S/C30H35ClN2O9S/c1-6-39-24-16-21(30(34)38-5)28(42-26-9-7-8-14-40-26)27(29(24)41-23-15-20(37-4)11-12-22(23)31)33-43(35,36)25-13-10-19(17-32-25)18(2)3/h10-13,15-18,26,33H,6-9,14H2,1-5H3. The summed E-state index contributed by atoms with van der Waals surface area (Å²) in [5.41, 5.74) is 0.527. The quantitative estimate of drug-likeness (QED) is 0.219. The summed E-state index contributed by atoms with van der Waals surface area (Å²) in [5, 5.41) is -0.0540. The van der Waals surface area contributed by atoms with Crippen molar-refractivity contribution in [3.63, 3.8) is 0 Å². The van der Waals surface area contributed by atoms with Crippen molar-refractivity contribution in [2.45, 2.75) is 57.3 Å². The third-order valence-corrected chi connectivity index (χ3v) is 8.16. The number of carbonyl (C=O) groups is 1. The number of benzene rings is 2. The van der Waals surface area contributed by atoms with Crippen LogP contribution in [0.1, 0.15) is 61.9 Å². The molecule has 1 aliphatic heterocycles. The summed E-state index contributed by atoms with van der Waals surface area (Å²) in [7, 11) is -1.68. The maximum absolute atomic E-state index is 13.8. The maximum atomic E-state index is 13.8. The van der Waals surface area contributed by atoms with E-state index in [1.807, 2.05) is 13.8 Å². The third-order valence-electron chi connectivity index (χ3n) is 6.58. The van der Waals surface area contributed by atoms with E-state index in [-0.39, 0.29) is 56.8 Å². The molecule has 1 N–H and O–H groups in total. The Morgan fingerprint density at radius 3 is 2.51 bits per heavy atom. The Balaban J connectivity index is 1.96. The van der Waals surface area contributed by atoms with Gasteiger partial charge in [0.2, 0.25) is 0 Å². The van der Waals surface area contributed by atoms with Crippen molar-refractivity contribution >= 4 is 33.3 Å². The zero-order chi connectivity index (χ0) is 31.1. The van der Waals surface area contributed by atoms with E-state index in [1.165, 1.54) is 38.6 Å². The first-order chi connectivity index (χ1) is 20.6. The van der Waals surface area contributed by atoms with Gasteiger partial charge in [-0.25, -0.2) is 9.78 Å². The van der Waals surface area contributed by atoms with E-state index in [0.29, 0.717) is 18.8 Å². The lowest BCUT2D eigenvalue weighted by Crippen LogP contribution is -2.27. The molecule has 2 aromatic carbocycles. The summed E-state index contributed by atoms with van der Waals surface area (Å²) >= 11 is 6.46. The zero-order valence-electron chi connectivity index (χ0n) is 24.6. The summed E-state index contributed by atoms with van der Waals surface area (Å²) in [6.45, 7) is 6.26. The van der Waals surface area contributed by atoms with Gasteiger partial charge in [0.25, 0.3) is 10.0 Å². The fraction of sp³-hybridized carbons (Fsp3) is 0.400. The van der Waals surface area contributed by atoms with Crippen LogP contribution in [0.4, 0.5) is 5.69 Å². The third kappa shape index (κ3) is 7.62. The van der Waals surface area contributed by atoms with Crippen molar-refractivity contribution < 1.29 is 41.6 Å². The number of ether oxygens (including phenoxy) is 6. The number of nitrogens with one attached hydrogen (secondary N) is 1. The molecule has 0 spiro atoms. The molecule has 1 aliphatic rings. The van der Waals surface area contributed by atoms with Crippen molar-refractivity contribution in [1.29, 1.82) is 0 Å². The van der Waals surface area contributed by atoms with E-state index in [2.05, 4.69) is 9.71 Å². The molecule has 0 saturated carbocycles. The Kier molecular flexibility index (Phi) is 10.6. The second kappa shape index (κ2) is 14.2. The number of halogens is 1. The molecule has 1 unspecified atom stereocenters. The second-order valence-electron chi connectivity index (χ2n) is 9.88. The number of methoxy groups -OCH3 is 2. The van der Waals surface area contributed by atoms with Crippen LogP contribution in [-0.2, 0) is 19.5 Å². The molecule has 1 fully saturated rings. The fourth-order valence-corrected chi connectivity index (χ4v) is 5.43. The van der Waals surface area contributed by atoms with Crippen molar-refractivity contribution in [2.24, 2.45) is 0 Å². The van der Waals surface area contributed by atoms with Crippen molar-refractivity contribution in [3.05, 3.63) is 58.7 Å². The highest BCUT2D eigenvalue weighted by atomic mass is 35.5. The van der Waals surface area contributed by atoms with Crippen LogP contribution >= 0.6 is 11.6 Å². The number of hydrogen-bond acceptors (Lipinski definition) is 10. The highest BCUT2D eigenvalue weighted by Gasteiger charge is 2.32. The van der Waals surface area contributed by atoms with Crippen LogP contribution in [0.3, 0.4) is 0 Å². The number of hydrogen-bond donors (Lipinski definition) is 1. The Labute approximate surface area is 256 Å². The van der Waals surface area contributed by atoms with Crippen molar-refractivity contribution in [1.82, 2.24) is 4.98 Å². The van der Waals surface area contributed by atoms with E-state index < -0.39 is 22.3 Å². The Morgan fingerprint density at radius 2 is 1.91 bits per heavy atom. The first kappa shape index (κ1) is 32.2. The van der Waals surface area contributed by atoms with Crippen LogP contribution < -0.4 is 23.7 Å². The number of esters is 1. The number of pyridine rings is 1. The van der Waals surface area contributed by atoms with Gasteiger partial charge in [0.15, 0.2) is 28.6 Å². The van der Waals surface area contributed by atoms with Gasteiger partial charge >= 0.3 is 5.97 Å². The van der Waals surface area contributed by atoms with Gasteiger partial charge in [0.05, 0.1) is 32.5 Å². The molecular weight excluding hydrogens is 600 g/mol. The Bertz CT molecular complexity index is 1540. The summed E-state index contributed by atoms with van der Waals surface area (Å²) < 4.78 is 64.5. The maximum Gasteiger partial charge on any atom is 0.341 e. The highest BCUT2D eigenvalue weighted by molar-refractivity contribution is 7.92. The molecule has 1 atom stereocenters. The number of rotatable bonds is 12.